The molecule has 6 heteroatoms. The van der Waals surface area contributed by atoms with Gasteiger partial charge in [-0.25, -0.2) is 4.98 Å². The molecule has 90 valence electrons. The van der Waals surface area contributed by atoms with Gasteiger partial charge in [-0.15, -0.1) is 11.8 Å². The Morgan fingerprint density at radius 2 is 2.18 bits per heavy atom. The first-order valence-corrected chi connectivity index (χ1v) is 6.63. The van der Waals surface area contributed by atoms with Gasteiger partial charge in [0.1, 0.15) is 0 Å². The van der Waals surface area contributed by atoms with Gasteiger partial charge in [0, 0.05) is 22.0 Å². The first-order chi connectivity index (χ1) is 8.18. The summed E-state index contributed by atoms with van der Waals surface area (Å²) >= 11 is 2.77. The maximum Gasteiger partial charge on any atom is 0.263 e. The molecular weight excluding hydrogens is 256 g/mol. The molecule has 2 aromatic rings. The highest BCUT2D eigenvalue weighted by atomic mass is 32.2. The minimum absolute atomic E-state index is 0.0179. The number of aromatic amines is 1. The Kier molecular flexibility index (Phi) is 6.13. The summed E-state index contributed by atoms with van der Waals surface area (Å²) in [7, 11) is 0. The van der Waals surface area contributed by atoms with E-state index in [2.05, 4.69) is 4.98 Å². The normalized spacial score (nSPS) is 9.18. The van der Waals surface area contributed by atoms with Crippen LogP contribution in [0.2, 0.25) is 0 Å². The Hall–Kier alpha value is -1.53. The third-order valence-electron chi connectivity index (χ3n) is 1.59. The van der Waals surface area contributed by atoms with E-state index in [4.69, 9.17) is 5.73 Å². The molecule has 0 fully saturated rings. The van der Waals surface area contributed by atoms with Gasteiger partial charge >= 0.3 is 0 Å². The van der Waals surface area contributed by atoms with Crippen molar-refractivity contribution in [2.45, 2.75) is 4.90 Å². The number of rotatable bonds is 3. The average molecular weight is 268 g/mol. The van der Waals surface area contributed by atoms with Crippen LogP contribution in [0, 0.1) is 0 Å². The fourth-order valence-electron chi connectivity index (χ4n) is 0.916. The Morgan fingerprint density at radius 1 is 1.47 bits per heavy atom. The van der Waals surface area contributed by atoms with Crippen LogP contribution < -0.4 is 10.8 Å². The molecule has 2 rings (SSSR count). The lowest BCUT2D eigenvalue weighted by Gasteiger charge is -2.00. The molecule has 0 amide bonds. The molecule has 0 spiro atoms. The average Bonchev–Trinajstić information content (AvgIpc) is 2.80. The number of H-pyrrole nitrogens is 1. The summed E-state index contributed by atoms with van der Waals surface area (Å²) in [6.45, 7) is 0. The summed E-state index contributed by atoms with van der Waals surface area (Å²) in [5.41, 5.74) is 5.24. The number of carbonyl (C=O) groups is 1. The summed E-state index contributed by atoms with van der Waals surface area (Å²) in [5.74, 6) is -1.01. The van der Waals surface area contributed by atoms with Gasteiger partial charge in [0.2, 0.25) is 0 Å². The molecule has 1 aromatic carbocycles. The number of carboxylic acid groups (broad SMARTS) is 1. The maximum atomic E-state index is 10.0. The van der Waals surface area contributed by atoms with E-state index in [1.807, 2.05) is 35.7 Å². The third-order valence-corrected chi connectivity index (χ3v) is 3.22. The van der Waals surface area contributed by atoms with E-state index < -0.39 is 5.97 Å². The van der Waals surface area contributed by atoms with Crippen molar-refractivity contribution in [2.75, 3.05) is 11.5 Å². The van der Waals surface area contributed by atoms with Crippen molar-refractivity contribution in [2.24, 2.45) is 0 Å². The highest BCUT2D eigenvalue weighted by molar-refractivity contribution is 8.00. The number of aliphatic carboxylic acids is 1. The Bertz CT molecular complexity index is 432. The van der Waals surface area contributed by atoms with Gasteiger partial charge < -0.3 is 15.6 Å². The number of thioether (sulfide) groups is 1. The molecule has 0 aliphatic rings. The predicted molar refractivity (Wildman–Crippen MR) is 69.7 cm³/mol. The molecule has 4 nitrogen and oxygen atoms in total. The SMILES string of the molecule is N[c+]1[nH]ccs1.O=C([O-])CSc1ccccc1. The third kappa shape index (κ3) is 6.60. The monoisotopic (exact) mass is 268 g/mol. The highest BCUT2D eigenvalue weighted by Crippen LogP contribution is 2.15. The van der Waals surface area contributed by atoms with Crippen molar-refractivity contribution in [1.82, 2.24) is 4.98 Å². The van der Waals surface area contributed by atoms with Crippen molar-refractivity contribution in [3.63, 3.8) is 0 Å². The molecule has 0 unspecified atom stereocenters. The van der Waals surface area contributed by atoms with E-state index in [1.54, 1.807) is 6.20 Å². The lowest BCUT2D eigenvalue weighted by atomic mass is 10.4. The van der Waals surface area contributed by atoms with Gasteiger partial charge in [0.15, 0.2) is 11.6 Å². The van der Waals surface area contributed by atoms with Crippen molar-refractivity contribution < 1.29 is 9.90 Å². The highest BCUT2D eigenvalue weighted by Gasteiger charge is 1.90. The number of nitrogens with one attached hydrogen (secondary N) is 1. The number of nitrogen functional groups attached to an aromatic ring is 1. The van der Waals surface area contributed by atoms with Gasteiger partial charge in [-0.1, -0.05) is 18.2 Å². The molecule has 0 bridgehead atoms. The Labute approximate surface area is 108 Å². The molecule has 0 atom stereocenters. The zero-order valence-electron chi connectivity index (χ0n) is 8.96. The largest absolute Gasteiger partial charge is 0.549 e. The number of benzene rings is 1. The van der Waals surface area contributed by atoms with Gasteiger partial charge in [-0.2, -0.15) is 0 Å². The van der Waals surface area contributed by atoms with Crippen LogP contribution in [0.4, 0.5) is 5.13 Å². The quantitative estimate of drug-likeness (QED) is 0.652. The van der Waals surface area contributed by atoms with Crippen LogP contribution in [0.1, 0.15) is 0 Å². The molecular formula is C11H12N2O2S2. The second-order valence-corrected chi connectivity index (χ2v) is 4.90. The van der Waals surface area contributed by atoms with Gasteiger partial charge in [-0.05, 0) is 12.1 Å². The van der Waals surface area contributed by atoms with E-state index in [0.29, 0.717) is 0 Å². The fraction of sp³-hybridized carbons (Fsp3) is 0.0909. The summed E-state index contributed by atoms with van der Waals surface area (Å²) in [6, 6.07) is 9.37. The van der Waals surface area contributed by atoms with Crippen LogP contribution >= 0.6 is 23.1 Å². The van der Waals surface area contributed by atoms with Crippen LogP contribution in [-0.4, -0.2) is 16.7 Å². The molecule has 1 heterocycles. The Morgan fingerprint density at radius 3 is 2.59 bits per heavy atom. The van der Waals surface area contributed by atoms with Gasteiger partial charge in [0.25, 0.3) is 5.13 Å². The van der Waals surface area contributed by atoms with Crippen LogP contribution in [0.3, 0.4) is 0 Å². The maximum absolute atomic E-state index is 10.0. The van der Waals surface area contributed by atoms with Crippen LogP contribution in [0.5, 0.6) is 0 Å². The molecule has 17 heavy (non-hydrogen) atoms. The minimum atomic E-state index is -1.03. The molecule has 0 aliphatic heterocycles. The second-order valence-electron chi connectivity index (χ2n) is 2.90. The van der Waals surface area contributed by atoms with Crippen LogP contribution in [-0.2, 0) is 4.79 Å². The van der Waals surface area contributed by atoms with E-state index >= 15 is 0 Å². The lowest BCUT2D eigenvalue weighted by Crippen LogP contribution is -2.24. The lowest BCUT2D eigenvalue weighted by molar-refractivity contribution is -0.301. The molecule has 3 N–H and O–H groups in total. The van der Waals surface area contributed by atoms with Crippen molar-refractivity contribution in [3.8, 4) is 0 Å². The molecule has 0 radical (unpaired) electrons. The number of hydrogen-bond acceptors (Lipinski definition) is 5. The summed E-state index contributed by atoms with van der Waals surface area (Å²) in [5, 5.41) is 12.7. The number of carboxylic acids is 1. The van der Waals surface area contributed by atoms with Crippen LogP contribution in [0.25, 0.3) is 0 Å². The van der Waals surface area contributed by atoms with Crippen molar-refractivity contribution in [3.05, 3.63) is 41.9 Å². The molecule has 0 aliphatic carbocycles. The summed E-state index contributed by atoms with van der Waals surface area (Å²) in [6.07, 6.45) is 1.81. The fourth-order valence-corrected chi connectivity index (χ4v) is 1.97. The number of hydrogen-bond donors (Lipinski definition) is 2. The topological polar surface area (TPSA) is 81.9 Å². The number of aromatic nitrogens is 1. The molecule has 0 saturated heterocycles. The van der Waals surface area contributed by atoms with E-state index in [9.17, 15) is 9.90 Å². The van der Waals surface area contributed by atoms with Crippen molar-refractivity contribution in [1.29, 1.82) is 0 Å². The zero-order chi connectivity index (χ0) is 12.5. The van der Waals surface area contributed by atoms with E-state index in [0.717, 1.165) is 10.0 Å². The van der Waals surface area contributed by atoms with Gasteiger partial charge in [-0.3, -0.25) is 0 Å². The molecule has 0 saturated carbocycles. The van der Waals surface area contributed by atoms with Crippen LogP contribution in [0.15, 0.2) is 46.8 Å². The smallest absolute Gasteiger partial charge is 0.263 e. The number of carbonyl (C=O) groups excluding carboxylic acids is 1. The zero-order valence-corrected chi connectivity index (χ0v) is 10.6. The second kappa shape index (κ2) is 7.70. The molecule has 1 aromatic heterocycles. The first kappa shape index (κ1) is 13.5. The van der Waals surface area contributed by atoms with Gasteiger partial charge in [0.05, 0.1) is 5.97 Å². The summed E-state index contributed by atoms with van der Waals surface area (Å²) in [4.78, 5) is 13.8. The Balaban J connectivity index is 0.000000202. The number of anilines is 1. The van der Waals surface area contributed by atoms with E-state index in [-0.39, 0.29) is 5.75 Å². The number of nitrogens with two attached hydrogens (primary N) is 1. The summed E-state index contributed by atoms with van der Waals surface area (Å²) < 4.78 is 0. The standard InChI is InChI=1S/C8H8O2S.C3H4N2S/c9-8(10)6-11-7-4-2-1-3-5-7;4-3-5-1-2-6-3/h1-5H,6H2,(H,9,10);1-2H,(H2,4,5). The number of thiazole rings is 1. The minimum Gasteiger partial charge on any atom is -0.549 e. The first-order valence-electron chi connectivity index (χ1n) is 4.77. The predicted octanol–water partition coefficient (Wildman–Crippen LogP) is 1.47. The van der Waals surface area contributed by atoms with E-state index in [1.165, 1.54) is 23.1 Å². The van der Waals surface area contributed by atoms with Crippen molar-refractivity contribution >= 4 is 34.2 Å².